The van der Waals surface area contributed by atoms with Gasteiger partial charge in [-0.3, -0.25) is 9.78 Å². The van der Waals surface area contributed by atoms with Crippen molar-refractivity contribution in [2.45, 2.75) is 11.3 Å². The number of hydrogen-bond acceptors (Lipinski definition) is 6. The number of carbonyl (C=O) groups excluding carboxylic acids is 1. The first kappa shape index (κ1) is 19.3. The number of morpholine rings is 1. The van der Waals surface area contributed by atoms with Crippen LogP contribution < -0.4 is 10.5 Å². The van der Waals surface area contributed by atoms with Gasteiger partial charge in [0.1, 0.15) is 0 Å². The molecule has 2 aromatic rings. The Balaban J connectivity index is 1.56. The first-order valence-corrected chi connectivity index (χ1v) is 10.2. The summed E-state index contributed by atoms with van der Waals surface area (Å²) in [5.41, 5.74) is 2.28. The highest BCUT2D eigenvalue weighted by atomic mass is 32.2. The monoisotopic (exact) mass is 390 g/mol. The van der Waals surface area contributed by atoms with Gasteiger partial charge in [0.25, 0.3) is 5.91 Å². The minimum absolute atomic E-state index is 0.0481. The van der Waals surface area contributed by atoms with Gasteiger partial charge in [0.15, 0.2) is 0 Å². The van der Waals surface area contributed by atoms with Crippen LogP contribution in [0.3, 0.4) is 0 Å². The first-order chi connectivity index (χ1) is 12.9. The van der Waals surface area contributed by atoms with Crippen LogP contribution in [0.5, 0.6) is 0 Å². The second-order valence-corrected chi connectivity index (χ2v) is 7.79. The molecule has 27 heavy (non-hydrogen) atoms. The third-order valence-electron chi connectivity index (χ3n) is 4.28. The lowest BCUT2D eigenvalue weighted by Gasteiger charge is -2.26. The molecule has 1 aromatic heterocycles. The molecule has 0 bridgehead atoms. The fraction of sp³-hybridized carbons (Fsp3) is 0.333. The lowest BCUT2D eigenvalue weighted by molar-refractivity contribution is 0.0302. The number of carbonyl (C=O) groups is 1. The van der Waals surface area contributed by atoms with Crippen molar-refractivity contribution >= 4 is 21.6 Å². The number of rotatable bonds is 6. The molecule has 1 amide bonds. The van der Waals surface area contributed by atoms with Crippen molar-refractivity contribution in [3.05, 3.63) is 53.9 Å². The Hall–Kier alpha value is -2.49. The van der Waals surface area contributed by atoms with Gasteiger partial charge >= 0.3 is 0 Å². The summed E-state index contributed by atoms with van der Waals surface area (Å²) in [6.07, 6.45) is 3.92. The standard InChI is InChI=1S/C18H22N4O4S/c19-27(24,25)17-3-1-14(2-4-17)5-6-21-16-11-15(12-20-13-16)18(23)22-7-9-26-10-8-22/h1-4,11-13,21H,5-10H2,(H2,19,24,25). The zero-order valence-corrected chi connectivity index (χ0v) is 15.6. The Labute approximate surface area is 158 Å². The van der Waals surface area contributed by atoms with Crippen LogP contribution in [0.25, 0.3) is 0 Å². The van der Waals surface area contributed by atoms with Crippen LogP contribution in [0.15, 0.2) is 47.6 Å². The van der Waals surface area contributed by atoms with Crippen molar-refractivity contribution in [1.82, 2.24) is 9.88 Å². The zero-order valence-electron chi connectivity index (χ0n) is 14.8. The normalized spacial score (nSPS) is 14.8. The maximum absolute atomic E-state index is 12.5. The smallest absolute Gasteiger partial charge is 0.255 e. The summed E-state index contributed by atoms with van der Waals surface area (Å²) in [6, 6.07) is 8.24. The summed E-state index contributed by atoms with van der Waals surface area (Å²) in [6.45, 7) is 2.91. The van der Waals surface area contributed by atoms with Gasteiger partial charge < -0.3 is 15.0 Å². The van der Waals surface area contributed by atoms with Gasteiger partial charge in [0.05, 0.1) is 29.4 Å². The highest BCUT2D eigenvalue weighted by Crippen LogP contribution is 2.13. The minimum Gasteiger partial charge on any atom is -0.383 e. The van der Waals surface area contributed by atoms with E-state index < -0.39 is 10.0 Å². The molecule has 0 radical (unpaired) electrons. The lowest BCUT2D eigenvalue weighted by atomic mass is 10.1. The average Bonchev–Trinajstić information content (AvgIpc) is 2.68. The SMILES string of the molecule is NS(=O)(=O)c1ccc(CCNc2cncc(C(=O)N3CCOCC3)c2)cc1. The summed E-state index contributed by atoms with van der Waals surface area (Å²) < 4.78 is 27.8. The number of nitrogens with one attached hydrogen (secondary N) is 1. The minimum atomic E-state index is -3.67. The van der Waals surface area contributed by atoms with Gasteiger partial charge in [-0.1, -0.05) is 12.1 Å². The number of hydrogen-bond donors (Lipinski definition) is 2. The van der Waals surface area contributed by atoms with Crippen LogP contribution in [-0.4, -0.2) is 57.1 Å². The molecule has 8 nitrogen and oxygen atoms in total. The average molecular weight is 390 g/mol. The number of pyridine rings is 1. The summed E-state index contributed by atoms with van der Waals surface area (Å²) in [7, 11) is -3.67. The lowest BCUT2D eigenvalue weighted by Crippen LogP contribution is -2.40. The van der Waals surface area contributed by atoms with E-state index >= 15 is 0 Å². The number of benzene rings is 1. The molecule has 3 rings (SSSR count). The summed E-state index contributed by atoms with van der Waals surface area (Å²) in [5.74, 6) is -0.0481. The van der Waals surface area contributed by atoms with Crippen LogP contribution in [0.1, 0.15) is 15.9 Å². The summed E-state index contributed by atoms with van der Waals surface area (Å²) >= 11 is 0. The Morgan fingerprint density at radius 3 is 2.56 bits per heavy atom. The number of amides is 1. The van der Waals surface area contributed by atoms with E-state index in [0.29, 0.717) is 44.8 Å². The van der Waals surface area contributed by atoms with Gasteiger partial charge in [0.2, 0.25) is 10.0 Å². The number of ether oxygens (including phenoxy) is 1. The van der Waals surface area contributed by atoms with Crippen LogP contribution >= 0.6 is 0 Å². The Morgan fingerprint density at radius 1 is 1.19 bits per heavy atom. The fourth-order valence-corrected chi connectivity index (χ4v) is 3.31. The summed E-state index contributed by atoms with van der Waals surface area (Å²) in [4.78, 5) is 18.5. The molecule has 0 spiro atoms. The zero-order chi connectivity index (χ0) is 19.3. The third kappa shape index (κ3) is 5.25. The van der Waals surface area contributed by atoms with Crippen LogP contribution in [0, 0.1) is 0 Å². The van der Waals surface area contributed by atoms with Gasteiger partial charge in [-0.15, -0.1) is 0 Å². The number of nitrogens with two attached hydrogens (primary N) is 1. The van der Waals surface area contributed by atoms with Crippen LogP contribution in [-0.2, 0) is 21.2 Å². The molecule has 0 aliphatic carbocycles. The van der Waals surface area contributed by atoms with Gasteiger partial charge in [0, 0.05) is 32.0 Å². The second kappa shape index (κ2) is 8.47. The highest BCUT2D eigenvalue weighted by molar-refractivity contribution is 7.89. The molecule has 1 aliphatic rings. The van der Waals surface area contributed by atoms with Crippen LogP contribution in [0.4, 0.5) is 5.69 Å². The van der Waals surface area contributed by atoms with E-state index in [1.807, 2.05) is 0 Å². The molecule has 144 valence electrons. The summed E-state index contributed by atoms with van der Waals surface area (Å²) in [5, 5.41) is 8.33. The molecule has 2 heterocycles. The Bertz CT molecular complexity index is 894. The van der Waals surface area contributed by atoms with Crippen molar-refractivity contribution in [1.29, 1.82) is 0 Å². The van der Waals surface area contributed by atoms with E-state index in [4.69, 9.17) is 9.88 Å². The molecular formula is C18H22N4O4S. The van der Waals surface area contributed by atoms with Gasteiger partial charge in [-0.2, -0.15) is 0 Å². The van der Waals surface area contributed by atoms with Gasteiger partial charge in [-0.25, -0.2) is 13.6 Å². The fourth-order valence-electron chi connectivity index (χ4n) is 2.80. The van der Waals surface area contributed by atoms with E-state index in [1.165, 1.54) is 12.1 Å². The Kier molecular flexibility index (Phi) is 6.04. The van der Waals surface area contributed by atoms with E-state index in [9.17, 15) is 13.2 Å². The number of nitrogens with zero attached hydrogens (tertiary/aromatic N) is 2. The molecule has 0 unspecified atom stereocenters. The molecule has 9 heteroatoms. The van der Waals surface area contributed by atoms with Crippen molar-refractivity contribution in [2.24, 2.45) is 5.14 Å². The number of anilines is 1. The number of primary sulfonamides is 1. The van der Waals surface area contributed by atoms with E-state index in [-0.39, 0.29) is 10.8 Å². The second-order valence-electron chi connectivity index (χ2n) is 6.23. The molecule has 0 atom stereocenters. The molecule has 1 saturated heterocycles. The third-order valence-corrected chi connectivity index (χ3v) is 5.21. The molecule has 1 aromatic carbocycles. The molecule has 1 aliphatic heterocycles. The van der Waals surface area contributed by atoms with Crippen molar-refractivity contribution in [3.8, 4) is 0 Å². The van der Waals surface area contributed by atoms with Crippen molar-refractivity contribution < 1.29 is 17.9 Å². The van der Waals surface area contributed by atoms with Gasteiger partial charge in [-0.05, 0) is 30.2 Å². The predicted octanol–water partition coefficient (Wildman–Crippen LogP) is 0.856. The van der Waals surface area contributed by atoms with Crippen LogP contribution in [0.2, 0.25) is 0 Å². The molecule has 0 saturated carbocycles. The van der Waals surface area contributed by atoms with E-state index in [1.54, 1.807) is 35.5 Å². The molecule has 1 fully saturated rings. The van der Waals surface area contributed by atoms with Crippen molar-refractivity contribution in [2.75, 3.05) is 38.2 Å². The highest BCUT2D eigenvalue weighted by Gasteiger charge is 2.18. The molecular weight excluding hydrogens is 368 g/mol. The topological polar surface area (TPSA) is 115 Å². The number of aromatic nitrogens is 1. The number of sulfonamides is 1. The maximum Gasteiger partial charge on any atom is 0.255 e. The Morgan fingerprint density at radius 2 is 1.89 bits per heavy atom. The quantitative estimate of drug-likeness (QED) is 0.756. The first-order valence-electron chi connectivity index (χ1n) is 8.61. The van der Waals surface area contributed by atoms with E-state index in [0.717, 1.165) is 11.3 Å². The van der Waals surface area contributed by atoms with E-state index in [2.05, 4.69) is 10.3 Å². The van der Waals surface area contributed by atoms with Crippen molar-refractivity contribution in [3.63, 3.8) is 0 Å². The predicted molar refractivity (Wildman–Crippen MR) is 101 cm³/mol. The maximum atomic E-state index is 12.5. The molecule has 3 N–H and O–H groups in total. The largest absolute Gasteiger partial charge is 0.383 e.